The number of amides is 2. The van der Waals surface area contributed by atoms with Crippen LogP contribution in [0.2, 0.25) is 0 Å². The van der Waals surface area contributed by atoms with Gasteiger partial charge in [-0.2, -0.15) is 18.4 Å². The van der Waals surface area contributed by atoms with Gasteiger partial charge in [0.15, 0.2) is 0 Å². The maximum Gasteiger partial charge on any atom is 0.417 e. The number of aromatic nitrogens is 1. The summed E-state index contributed by atoms with van der Waals surface area (Å²) in [6.07, 6.45) is -0.0898. The molecule has 0 bridgehead atoms. The largest absolute Gasteiger partial charge is 0.417 e. The quantitative estimate of drug-likeness (QED) is 0.642. The van der Waals surface area contributed by atoms with E-state index in [1.54, 1.807) is 60.6 Å². The molecule has 2 atom stereocenters. The van der Waals surface area contributed by atoms with Crippen molar-refractivity contribution in [2.24, 2.45) is 17.8 Å². The Morgan fingerprint density at radius 1 is 1.08 bits per heavy atom. The highest BCUT2D eigenvalue weighted by Gasteiger charge is 2.44. The van der Waals surface area contributed by atoms with Gasteiger partial charge in [0, 0.05) is 63.9 Å². The lowest BCUT2D eigenvalue weighted by molar-refractivity contribution is -0.137. The number of piperidine rings is 1. The molecule has 0 N–H and O–H groups in total. The fourth-order valence-corrected chi connectivity index (χ4v) is 5.39. The highest BCUT2D eigenvalue weighted by molar-refractivity contribution is 5.95. The van der Waals surface area contributed by atoms with Crippen molar-refractivity contribution in [2.75, 3.05) is 45.2 Å². The minimum atomic E-state index is -4.60. The number of pyridine rings is 1. The molecule has 2 aromatic rings. The average molecular weight is 500 g/mol. The van der Waals surface area contributed by atoms with Gasteiger partial charge in [0.1, 0.15) is 0 Å². The molecule has 0 unspecified atom stereocenters. The van der Waals surface area contributed by atoms with Gasteiger partial charge >= 0.3 is 6.18 Å². The molecule has 0 radical (unpaired) electrons. The van der Waals surface area contributed by atoms with E-state index in [-0.39, 0.29) is 29.6 Å². The molecule has 0 aliphatic carbocycles. The van der Waals surface area contributed by atoms with Gasteiger partial charge in [0.05, 0.1) is 23.1 Å². The minimum Gasteiger partial charge on any atom is -0.372 e. The SMILES string of the molecule is CN(C)C(=O)[C@@H]1CN(C(=O)c2ccncc2)C[C@H]1C1CCN(c2ccc(C#N)c(C(F)(F)F)c2)CC1. The van der Waals surface area contributed by atoms with Gasteiger partial charge < -0.3 is 14.7 Å². The molecule has 2 aliphatic heterocycles. The Hall–Kier alpha value is -3.61. The van der Waals surface area contributed by atoms with Gasteiger partial charge in [-0.1, -0.05) is 0 Å². The molecule has 190 valence electrons. The van der Waals surface area contributed by atoms with Crippen molar-refractivity contribution in [3.8, 4) is 6.07 Å². The standard InChI is InChI=1S/C26H28F3N5O2/c1-32(2)25(36)22-16-34(24(35)18-5-9-31-10-6-18)15-21(22)17-7-11-33(12-8-17)20-4-3-19(14-30)23(13-20)26(27,28)29/h3-6,9-10,13,17,21-22H,7-8,11-12,15-16H2,1-2H3/t21-,22+/m0/s1. The molecule has 1 aromatic heterocycles. The first-order chi connectivity index (χ1) is 17.1. The Kier molecular flexibility index (Phi) is 7.20. The van der Waals surface area contributed by atoms with Crippen LogP contribution in [0.5, 0.6) is 0 Å². The molecule has 0 spiro atoms. The number of nitriles is 1. The first kappa shape index (κ1) is 25.5. The molecule has 4 rings (SSSR count). The van der Waals surface area contributed by atoms with Crippen LogP contribution < -0.4 is 4.90 Å². The van der Waals surface area contributed by atoms with E-state index in [1.807, 2.05) is 4.90 Å². The third-order valence-electron chi connectivity index (χ3n) is 7.28. The second-order valence-electron chi connectivity index (χ2n) is 9.61. The number of hydrogen-bond acceptors (Lipinski definition) is 5. The molecule has 1 aromatic carbocycles. The third-order valence-corrected chi connectivity index (χ3v) is 7.28. The molecular formula is C26H28F3N5O2. The molecule has 3 heterocycles. The Morgan fingerprint density at radius 2 is 1.75 bits per heavy atom. The van der Waals surface area contributed by atoms with Crippen molar-refractivity contribution < 1.29 is 22.8 Å². The number of carbonyl (C=O) groups excluding carboxylic acids is 2. The summed E-state index contributed by atoms with van der Waals surface area (Å²) < 4.78 is 40.2. The van der Waals surface area contributed by atoms with E-state index >= 15 is 0 Å². The molecule has 2 fully saturated rings. The Morgan fingerprint density at radius 3 is 2.33 bits per heavy atom. The predicted octanol–water partition coefficient (Wildman–Crippen LogP) is 3.67. The fourth-order valence-electron chi connectivity index (χ4n) is 5.39. The van der Waals surface area contributed by atoms with Crippen LogP contribution in [-0.2, 0) is 11.0 Å². The van der Waals surface area contributed by atoms with E-state index < -0.39 is 17.3 Å². The van der Waals surface area contributed by atoms with Crippen LogP contribution in [-0.4, -0.2) is 66.9 Å². The normalized spacial score (nSPS) is 20.8. The molecule has 2 amide bonds. The summed E-state index contributed by atoms with van der Waals surface area (Å²) in [4.78, 5) is 35.2. The molecular weight excluding hydrogens is 471 g/mol. The first-order valence-electron chi connectivity index (χ1n) is 11.9. The second-order valence-corrected chi connectivity index (χ2v) is 9.61. The van der Waals surface area contributed by atoms with Crippen molar-refractivity contribution in [1.82, 2.24) is 14.8 Å². The van der Waals surface area contributed by atoms with Crippen LogP contribution >= 0.6 is 0 Å². The van der Waals surface area contributed by atoms with Crippen LogP contribution in [0.15, 0.2) is 42.7 Å². The van der Waals surface area contributed by atoms with E-state index in [2.05, 4.69) is 4.98 Å². The minimum absolute atomic E-state index is 0.0191. The van der Waals surface area contributed by atoms with Crippen molar-refractivity contribution in [3.05, 3.63) is 59.4 Å². The van der Waals surface area contributed by atoms with Crippen LogP contribution in [0.25, 0.3) is 0 Å². The molecule has 0 saturated carbocycles. The topological polar surface area (TPSA) is 80.5 Å². The smallest absolute Gasteiger partial charge is 0.372 e. The number of hydrogen-bond donors (Lipinski definition) is 0. The van der Waals surface area contributed by atoms with Gasteiger partial charge in [-0.15, -0.1) is 0 Å². The van der Waals surface area contributed by atoms with Gasteiger partial charge in [0.2, 0.25) is 5.91 Å². The lowest BCUT2D eigenvalue weighted by Crippen LogP contribution is -2.41. The Balaban J connectivity index is 1.49. The lowest BCUT2D eigenvalue weighted by atomic mass is 9.78. The molecule has 10 heteroatoms. The van der Waals surface area contributed by atoms with Crippen LogP contribution in [0.3, 0.4) is 0 Å². The summed E-state index contributed by atoms with van der Waals surface area (Å²) in [5.74, 6) is -0.347. The fraction of sp³-hybridized carbons (Fsp3) is 0.462. The molecule has 2 saturated heterocycles. The summed E-state index contributed by atoms with van der Waals surface area (Å²) in [5.41, 5.74) is -0.363. The molecule has 2 aliphatic rings. The lowest BCUT2D eigenvalue weighted by Gasteiger charge is -2.38. The maximum atomic E-state index is 13.4. The van der Waals surface area contributed by atoms with E-state index in [9.17, 15) is 22.8 Å². The summed E-state index contributed by atoms with van der Waals surface area (Å²) in [6.45, 7) is 1.87. The molecule has 7 nitrogen and oxygen atoms in total. The van der Waals surface area contributed by atoms with Crippen LogP contribution in [0.4, 0.5) is 18.9 Å². The number of anilines is 1. The van der Waals surface area contributed by atoms with E-state index in [0.29, 0.717) is 50.3 Å². The number of alkyl halides is 3. The highest BCUT2D eigenvalue weighted by atomic mass is 19.4. The summed E-state index contributed by atoms with van der Waals surface area (Å²) in [7, 11) is 3.41. The first-order valence-corrected chi connectivity index (χ1v) is 11.9. The van der Waals surface area contributed by atoms with Gasteiger partial charge in [0.25, 0.3) is 5.91 Å². The van der Waals surface area contributed by atoms with Gasteiger partial charge in [-0.3, -0.25) is 14.6 Å². The number of carbonyl (C=O) groups is 2. The van der Waals surface area contributed by atoms with E-state index in [4.69, 9.17) is 5.26 Å². The van der Waals surface area contributed by atoms with Crippen LogP contribution in [0.1, 0.15) is 34.3 Å². The zero-order chi connectivity index (χ0) is 26.0. The Labute approximate surface area is 208 Å². The highest BCUT2D eigenvalue weighted by Crippen LogP contribution is 2.39. The number of likely N-dealkylation sites (tertiary alicyclic amines) is 1. The summed E-state index contributed by atoms with van der Waals surface area (Å²) in [6, 6.07) is 8.74. The maximum absolute atomic E-state index is 13.4. The predicted molar refractivity (Wildman–Crippen MR) is 127 cm³/mol. The Bertz CT molecular complexity index is 1150. The zero-order valence-corrected chi connectivity index (χ0v) is 20.2. The molecule has 36 heavy (non-hydrogen) atoms. The van der Waals surface area contributed by atoms with Gasteiger partial charge in [-0.05, 0) is 55.0 Å². The number of rotatable bonds is 4. The average Bonchev–Trinajstić information content (AvgIpc) is 3.32. The summed E-state index contributed by atoms with van der Waals surface area (Å²) >= 11 is 0. The number of benzene rings is 1. The number of nitrogens with zero attached hydrogens (tertiary/aromatic N) is 5. The van der Waals surface area contributed by atoms with Crippen molar-refractivity contribution in [1.29, 1.82) is 5.26 Å². The van der Waals surface area contributed by atoms with Crippen molar-refractivity contribution in [3.63, 3.8) is 0 Å². The van der Waals surface area contributed by atoms with Crippen molar-refractivity contribution in [2.45, 2.75) is 19.0 Å². The monoisotopic (exact) mass is 499 g/mol. The van der Waals surface area contributed by atoms with Crippen molar-refractivity contribution >= 4 is 17.5 Å². The summed E-state index contributed by atoms with van der Waals surface area (Å²) in [5, 5.41) is 9.06. The van der Waals surface area contributed by atoms with E-state index in [0.717, 1.165) is 6.07 Å². The van der Waals surface area contributed by atoms with Crippen LogP contribution in [0, 0.1) is 29.1 Å². The van der Waals surface area contributed by atoms with Gasteiger partial charge in [-0.25, -0.2) is 0 Å². The number of halogens is 3. The van der Waals surface area contributed by atoms with E-state index in [1.165, 1.54) is 6.07 Å². The third kappa shape index (κ3) is 5.15. The second kappa shape index (κ2) is 10.2. The zero-order valence-electron chi connectivity index (χ0n) is 20.2.